The number of carbonyl (C=O) groups excluding carboxylic acids is 1. The highest BCUT2D eigenvalue weighted by Gasteiger charge is 1.97. The second kappa shape index (κ2) is 9.48. The van der Waals surface area contributed by atoms with Crippen LogP contribution >= 0.6 is 0 Å². The largest absolute Gasteiger partial charge is 0.381 e. The van der Waals surface area contributed by atoms with E-state index in [1.165, 1.54) is 7.11 Å². The number of nitrogens with one attached hydrogen (secondary N) is 1. The Morgan fingerprint density at radius 1 is 1.38 bits per heavy atom. The van der Waals surface area contributed by atoms with Crippen LogP contribution in [0.25, 0.3) is 0 Å². The van der Waals surface area contributed by atoms with Gasteiger partial charge in [-0.3, -0.25) is 4.79 Å². The van der Waals surface area contributed by atoms with E-state index < -0.39 is 0 Å². The first-order valence-electron chi connectivity index (χ1n) is 4.64. The van der Waals surface area contributed by atoms with Gasteiger partial charge >= 0.3 is 0 Å². The molecule has 0 aliphatic carbocycles. The molecular formula is C9H19NO3. The van der Waals surface area contributed by atoms with Crippen LogP contribution in [-0.2, 0) is 14.3 Å². The fourth-order valence-electron chi connectivity index (χ4n) is 0.831. The van der Waals surface area contributed by atoms with Crippen molar-refractivity contribution in [2.24, 2.45) is 0 Å². The SMILES string of the molecule is CCCOCCCNC(=O)COC. The average Bonchev–Trinajstić information content (AvgIpc) is 2.11. The molecule has 0 aliphatic rings. The van der Waals surface area contributed by atoms with Crippen molar-refractivity contribution in [3.05, 3.63) is 0 Å². The summed E-state index contributed by atoms with van der Waals surface area (Å²) in [4.78, 5) is 10.9. The number of methoxy groups -OCH3 is 1. The molecule has 13 heavy (non-hydrogen) atoms. The van der Waals surface area contributed by atoms with Crippen LogP contribution in [0.3, 0.4) is 0 Å². The zero-order valence-corrected chi connectivity index (χ0v) is 8.47. The summed E-state index contributed by atoms with van der Waals surface area (Å²) in [5.41, 5.74) is 0. The zero-order chi connectivity index (χ0) is 9.94. The van der Waals surface area contributed by atoms with Crippen LogP contribution in [0.15, 0.2) is 0 Å². The quantitative estimate of drug-likeness (QED) is 0.568. The summed E-state index contributed by atoms with van der Waals surface area (Å²) in [5, 5.41) is 2.72. The molecule has 0 bridgehead atoms. The van der Waals surface area contributed by atoms with Crippen LogP contribution in [0.1, 0.15) is 19.8 Å². The van der Waals surface area contributed by atoms with Crippen molar-refractivity contribution in [2.75, 3.05) is 33.5 Å². The number of hydrogen-bond acceptors (Lipinski definition) is 3. The maximum atomic E-state index is 10.9. The van der Waals surface area contributed by atoms with Crippen molar-refractivity contribution in [3.63, 3.8) is 0 Å². The highest BCUT2D eigenvalue weighted by Crippen LogP contribution is 1.83. The molecule has 0 atom stereocenters. The van der Waals surface area contributed by atoms with Gasteiger partial charge in [-0.2, -0.15) is 0 Å². The van der Waals surface area contributed by atoms with Crippen molar-refractivity contribution in [1.29, 1.82) is 0 Å². The van der Waals surface area contributed by atoms with E-state index in [0.717, 1.165) is 19.4 Å². The van der Waals surface area contributed by atoms with Gasteiger partial charge in [0.25, 0.3) is 0 Å². The van der Waals surface area contributed by atoms with Crippen molar-refractivity contribution in [1.82, 2.24) is 5.32 Å². The highest BCUT2D eigenvalue weighted by molar-refractivity contribution is 5.77. The van der Waals surface area contributed by atoms with Crippen LogP contribution in [0.4, 0.5) is 0 Å². The molecule has 0 rings (SSSR count). The first-order valence-corrected chi connectivity index (χ1v) is 4.64. The number of ether oxygens (including phenoxy) is 2. The Morgan fingerprint density at radius 3 is 2.77 bits per heavy atom. The summed E-state index contributed by atoms with van der Waals surface area (Å²) in [5.74, 6) is -0.0713. The Kier molecular flexibility index (Phi) is 9.03. The summed E-state index contributed by atoms with van der Waals surface area (Å²) in [7, 11) is 1.50. The second-order valence-corrected chi connectivity index (χ2v) is 2.75. The smallest absolute Gasteiger partial charge is 0.245 e. The number of carbonyl (C=O) groups is 1. The van der Waals surface area contributed by atoms with E-state index in [2.05, 4.69) is 17.0 Å². The number of amides is 1. The fourth-order valence-corrected chi connectivity index (χ4v) is 0.831. The van der Waals surface area contributed by atoms with E-state index in [4.69, 9.17) is 4.74 Å². The molecule has 0 saturated carbocycles. The lowest BCUT2D eigenvalue weighted by Gasteiger charge is -2.04. The van der Waals surface area contributed by atoms with E-state index >= 15 is 0 Å². The fraction of sp³-hybridized carbons (Fsp3) is 0.889. The molecule has 0 aliphatic heterocycles. The predicted molar refractivity (Wildman–Crippen MR) is 50.6 cm³/mol. The van der Waals surface area contributed by atoms with Gasteiger partial charge in [-0.15, -0.1) is 0 Å². The lowest BCUT2D eigenvalue weighted by atomic mass is 10.4. The molecule has 0 spiro atoms. The van der Waals surface area contributed by atoms with Crippen LogP contribution in [0, 0.1) is 0 Å². The average molecular weight is 189 g/mol. The summed E-state index contributed by atoms with van der Waals surface area (Å²) in [6.45, 7) is 4.37. The molecule has 0 fully saturated rings. The third-order valence-corrected chi connectivity index (χ3v) is 1.41. The van der Waals surface area contributed by atoms with Gasteiger partial charge in [0.1, 0.15) is 6.61 Å². The summed E-state index contributed by atoms with van der Waals surface area (Å²) in [6.07, 6.45) is 1.89. The zero-order valence-electron chi connectivity index (χ0n) is 8.47. The maximum absolute atomic E-state index is 10.9. The van der Waals surface area contributed by atoms with E-state index in [9.17, 15) is 4.79 Å². The molecule has 0 heterocycles. The van der Waals surface area contributed by atoms with Crippen LogP contribution in [0.5, 0.6) is 0 Å². The molecule has 0 unspecified atom stereocenters. The molecule has 4 nitrogen and oxygen atoms in total. The van der Waals surface area contributed by atoms with Crippen LogP contribution < -0.4 is 5.32 Å². The predicted octanol–water partition coefficient (Wildman–Crippen LogP) is 0.566. The lowest BCUT2D eigenvalue weighted by molar-refractivity contribution is -0.124. The van der Waals surface area contributed by atoms with E-state index in [-0.39, 0.29) is 12.5 Å². The molecule has 4 heteroatoms. The Hall–Kier alpha value is -0.610. The minimum absolute atomic E-state index is 0.0713. The number of hydrogen-bond donors (Lipinski definition) is 1. The molecule has 0 aromatic rings. The lowest BCUT2D eigenvalue weighted by Crippen LogP contribution is -2.28. The molecule has 0 saturated heterocycles. The van der Waals surface area contributed by atoms with Crippen molar-refractivity contribution >= 4 is 5.91 Å². The first-order chi connectivity index (χ1) is 6.31. The molecule has 1 amide bonds. The Morgan fingerprint density at radius 2 is 2.15 bits per heavy atom. The van der Waals surface area contributed by atoms with Gasteiger partial charge in [-0.05, 0) is 12.8 Å². The van der Waals surface area contributed by atoms with E-state index in [0.29, 0.717) is 13.2 Å². The van der Waals surface area contributed by atoms with Gasteiger partial charge in [0, 0.05) is 26.9 Å². The van der Waals surface area contributed by atoms with Crippen molar-refractivity contribution in [3.8, 4) is 0 Å². The van der Waals surface area contributed by atoms with Crippen LogP contribution in [0.2, 0.25) is 0 Å². The van der Waals surface area contributed by atoms with Gasteiger partial charge in [-0.25, -0.2) is 0 Å². The van der Waals surface area contributed by atoms with E-state index in [1.807, 2.05) is 0 Å². The molecule has 0 aromatic carbocycles. The van der Waals surface area contributed by atoms with Gasteiger partial charge < -0.3 is 14.8 Å². The van der Waals surface area contributed by atoms with Crippen molar-refractivity contribution in [2.45, 2.75) is 19.8 Å². The van der Waals surface area contributed by atoms with Gasteiger partial charge in [0.2, 0.25) is 5.91 Å². The molecular weight excluding hydrogens is 170 g/mol. The van der Waals surface area contributed by atoms with Gasteiger partial charge in [-0.1, -0.05) is 6.92 Å². The summed E-state index contributed by atoms with van der Waals surface area (Å²) < 4.78 is 9.90. The summed E-state index contributed by atoms with van der Waals surface area (Å²) in [6, 6.07) is 0. The Labute approximate surface area is 79.6 Å². The molecule has 78 valence electrons. The third kappa shape index (κ3) is 9.30. The third-order valence-electron chi connectivity index (χ3n) is 1.41. The first kappa shape index (κ1) is 12.4. The Bertz CT molecular complexity index is 128. The van der Waals surface area contributed by atoms with Gasteiger partial charge in [0.05, 0.1) is 0 Å². The Balaban J connectivity index is 3.02. The second-order valence-electron chi connectivity index (χ2n) is 2.75. The van der Waals surface area contributed by atoms with Crippen LogP contribution in [-0.4, -0.2) is 39.4 Å². The molecule has 0 radical (unpaired) electrons. The standard InChI is InChI=1S/C9H19NO3/c1-3-6-13-7-4-5-10-9(11)8-12-2/h3-8H2,1-2H3,(H,10,11). The van der Waals surface area contributed by atoms with Gasteiger partial charge in [0.15, 0.2) is 0 Å². The molecule has 1 N–H and O–H groups in total. The molecule has 0 aromatic heterocycles. The maximum Gasteiger partial charge on any atom is 0.245 e. The van der Waals surface area contributed by atoms with Crippen molar-refractivity contribution < 1.29 is 14.3 Å². The van der Waals surface area contributed by atoms with E-state index in [1.54, 1.807) is 0 Å². The monoisotopic (exact) mass is 189 g/mol. The minimum Gasteiger partial charge on any atom is -0.381 e. The topological polar surface area (TPSA) is 47.6 Å². The minimum atomic E-state index is -0.0713. The highest BCUT2D eigenvalue weighted by atomic mass is 16.5. The summed E-state index contributed by atoms with van der Waals surface area (Å²) >= 11 is 0. The normalized spacial score (nSPS) is 10.0. The number of rotatable bonds is 8.